The normalized spacial score (nSPS) is 17.4. The molecule has 2 heterocycles. The van der Waals surface area contributed by atoms with Crippen molar-refractivity contribution in [3.63, 3.8) is 0 Å². The van der Waals surface area contributed by atoms with Gasteiger partial charge in [0.2, 0.25) is 0 Å². The van der Waals surface area contributed by atoms with Crippen LogP contribution in [-0.4, -0.2) is 18.1 Å². The Morgan fingerprint density at radius 3 is 2.52 bits per heavy atom. The van der Waals surface area contributed by atoms with Gasteiger partial charge in [0, 0.05) is 24.4 Å². The van der Waals surface area contributed by atoms with Gasteiger partial charge in [0.15, 0.2) is 0 Å². The third-order valence-electron chi connectivity index (χ3n) is 4.11. The van der Waals surface area contributed by atoms with Crippen molar-refractivity contribution in [2.75, 3.05) is 23.7 Å². The van der Waals surface area contributed by atoms with Crippen LogP contribution in [0.1, 0.15) is 11.5 Å². The highest BCUT2D eigenvalue weighted by atomic mass is 15.0. The molecular formula is C18H17N3. The number of benzene rings is 2. The van der Waals surface area contributed by atoms with E-state index in [1.165, 1.54) is 16.6 Å². The van der Waals surface area contributed by atoms with E-state index in [1.807, 2.05) is 12.3 Å². The molecule has 0 saturated carbocycles. The smallest absolute Gasteiger partial charge is 0.0769 e. The van der Waals surface area contributed by atoms with Crippen LogP contribution in [0.25, 0.3) is 10.9 Å². The number of fused-ring (bicyclic) bond motifs is 3. The minimum absolute atomic E-state index is 0.456. The Bertz CT molecular complexity index is 768. The Hall–Kier alpha value is -2.55. The summed E-state index contributed by atoms with van der Waals surface area (Å²) in [5.41, 5.74) is 4.65. The molecule has 1 aliphatic heterocycles. The van der Waals surface area contributed by atoms with E-state index in [0.717, 1.165) is 24.3 Å². The molecule has 3 heteroatoms. The highest BCUT2D eigenvalue weighted by Gasteiger charge is 2.18. The molecule has 104 valence electrons. The zero-order chi connectivity index (χ0) is 14.1. The standard InChI is InChI=1S/C18H17N3/c1-2-6-13(7-3-1)14-10-19-17-12-20-16-9-5-4-8-15(16)18(17)21-11-14/h1-9,12,14,19,21H,10-11H2. The maximum absolute atomic E-state index is 4.53. The molecule has 3 aromatic rings. The number of nitrogens with one attached hydrogen (secondary N) is 2. The highest BCUT2D eigenvalue weighted by Crippen LogP contribution is 2.33. The van der Waals surface area contributed by atoms with Gasteiger partial charge in [-0.2, -0.15) is 0 Å². The molecule has 4 rings (SSSR count). The fourth-order valence-electron chi connectivity index (χ4n) is 2.96. The zero-order valence-corrected chi connectivity index (χ0v) is 11.7. The van der Waals surface area contributed by atoms with E-state index in [-0.39, 0.29) is 0 Å². The first-order chi connectivity index (χ1) is 10.4. The van der Waals surface area contributed by atoms with Gasteiger partial charge in [0.1, 0.15) is 0 Å². The number of hydrogen-bond donors (Lipinski definition) is 2. The molecule has 2 aromatic carbocycles. The Balaban J connectivity index is 1.71. The van der Waals surface area contributed by atoms with Gasteiger partial charge in [0.05, 0.1) is 23.1 Å². The summed E-state index contributed by atoms with van der Waals surface area (Å²) < 4.78 is 0. The summed E-state index contributed by atoms with van der Waals surface area (Å²) in [5, 5.41) is 8.33. The second-order valence-electron chi connectivity index (χ2n) is 5.43. The summed E-state index contributed by atoms with van der Waals surface area (Å²) in [5.74, 6) is 0.456. The van der Waals surface area contributed by atoms with Crippen molar-refractivity contribution in [3.05, 3.63) is 66.4 Å². The van der Waals surface area contributed by atoms with Gasteiger partial charge >= 0.3 is 0 Å². The number of hydrogen-bond acceptors (Lipinski definition) is 3. The van der Waals surface area contributed by atoms with Gasteiger partial charge in [-0.05, 0) is 11.6 Å². The summed E-state index contributed by atoms with van der Waals surface area (Å²) in [6.07, 6.45) is 1.93. The highest BCUT2D eigenvalue weighted by molar-refractivity contribution is 5.97. The maximum atomic E-state index is 4.53. The fourth-order valence-corrected chi connectivity index (χ4v) is 2.96. The van der Waals surface area contributed by atoms with Crippen LogP contribution in [-0.2, 0) is 0 Å². The van der Waals surface area contributed by atoms with Crippen molar-refractivity contribution >= 4 is 22.3 Å². The molecular weight excluding hydrogens is 258 g/mol. The Morgan fingerprint density at radius 1 is 0.857 bits per heavy atom. The lowest BCUT2D eigenvalue weighted by molar-refractivity contribution is 0.767. The number of aromatic nitrogens is 1. The van der Waals surface area contributed by atoms with Crippen LogP contribution in [0.5, 0.6) is 0 Å². The van der Waals surface area contributed by atoms with E-state index in [9.17, 15) is 0 Å². The largest absolute Gasteiger partial charge is 0.382 e. The summed E-state index contributed by atoms with van der Waals surface area (Å²) in [6.45, 7) is 1.85. The first kappa shape index (κ1) is 12.2. The topological polar surface area (TPSA) is 37.0 Å². The molecule has 0 saturated heterocycles. The Labute approximate surface area is 124 Å². The third kappa shape index (κ3) is 2.21. The van der Waals surface area contributed by atoms with Gasteiger partial charge in [-0.25, -0.2) is 0 Å². The predicted molar refractivity (Wildman–Crippen MR) is 87.9 cm³/mol. The average Bonchev–Trinajstić information content (AvgIpc) is 2.78. The zero-order valence-electron chi connectivity index (χ0n) is 11.7. The molecule has 0 spiro atoms. The molecule has 2 N–H and O–H groups in total. The average molecular weight is 275 g/mol. The number of nitrogens with zero attached hydrogens (tertiary/aromatic N) is 1. The van der Waals surface area contributed by atoms with Crippen molar-refractivity contribution in [1.29, 1.82) is 0 Å². The molecule has 21 heavy (non-hydrogen) atoms. The van der Waals surface area contributed by atoms with Gasteiger partial charge in [-0.3, -0.25) is 4.98 Å². The lowest BCUT2D eigenvalue weighted by atomic mass is 9.99. The first-order valence-corrected chi connectivity index (χ1v) is 7.32. The van der Waals surface area contributed by atoms with Crippen molar-refractivity contribution in [3.8, 4) is 0 Å². The molecule has 0 bridgehead atoms. The van der Waals surface area contributed by atoms with Gasteiger partial charge in [-0.1, -0.05) is 48.5 Å². The second-order valence-corrected chi connectivity index (χ2v) is 5.43. The van der Waals surface area contributed by atoms with Crippen LogP contribution in [0.2, 0.25) is 0 Å². The SMILES string of the molecule is c1ccc(C2CNc3cnc4ccccc4c3NC2)cc1. The van der Waals surface area contributed by atoms with E-state index in [0.29, 0.717) is 5.92 Å². The predicted octanol–water partition coefficient (Wildman–Crippen LogP) is 3.86. The number of pyridine rings is 1. The summed E-state index contributed by atoms with van der Waals surface area (Å²) in [6, 6.07) is 18.9. The van der Waals surface area contributed by atoms with Crippen LogP contribution in [0.3, 0.4) is 0 Å². The summed E-state index contributed by atoms with van der Waals surface area (Å²) in [4.78, 5) is 4.53. The molecule has 0 aliphatic carbocycles. The Kier molecular flexibility index (Phi) is 2.96. The Morgan fingerprint density at radius 2 is 1.62 bits per heavy atom. The van der Waals surface area contributed by atoms with Gasteiger partial charge in [-0.15, -0.1) is 0 Å². The molecule has 1 aromatic heterocycles. The van der Waals surface area contributed by atoms with Crippen LogP contribution in [0.15, 0.2) is 60.8 Å². The van der Waals surface area contributed by atoms with E-state index >= 15 is 0 Å². The molecule has 0 radical (unpaired) electrons. The molecule has 0 amide bonds. The molecule has 1 unspecified atom stereocenters. The molecule has 1 aliphatic rings. The fraction of sp³-hybridized carbons (Fsp3) is 0.167. The van der Waals surface area contributed by atoms with E-state index in [1.54, 1.807) is 0 Å². The minimum atomic E-state index is 0.456. The lowest BCUT2D eigenvalue weighted by Crippen LogP contribution is -2.16. The van der Waals surface area contributed by atoms with Crippen molar-refractivity contribution in [2.24, 2.45) is 0 Å². The van der Waals surface area contributed by atoms with Crippen LogP contribution in [0, 0.1) is 0 Å². The van der Waals surface area contributed by atoms with Gasteiger partial charge < -0.3 is 10.6 Å². The summed E-state index contributed by atoms with van der Waals surface area (Å²) in [7, 11) is 0. The minimum Gasteiger partial charge on any atom is -0.382 e. The van der Waals surface area contributed by atoms with Gasteiger partial charge in [0.25, 0.3) is 0 Å². The van der Waals surface area contributed by atoms with Crippen molar-refractivity contribution in [1.82, 2.24) is 4.98 Å². The van der Waals surface area contributed by atoms with E-state index in [4.69, 9.17) is 0 Å². The van der Waals surface area contributed by atoms with Crippen molar-refractivity contribution in [2.45, 2.75) is 5.92 Å². The monoisotopic (exact) mass is 275 g/mol. The maximum Gasteiger partial charge on any atom is 0.0769 e. The first-order valence-electron chi connectivity index (χ1n) is 7.32. The summed E-state index contributed by atoms with van der Waals surface area (Å²) >= 11 is 0. The molecule has 0 fully saturated rings. The second kappa shape index (κ2) is 5.09. The lowest BCUT2D eigenvalue weighted by Gasteiger charge is -2.14. The van der Waals surface area contributed by atoms with E-state index in [2.05, 4.69) is 64.1 Å². The van der Waals surface area contributed by atoms with Crippen LogP contribution in [0.4, 0.5) is 11.4 Å². The number of anilines is 2. The third-order valence-corrected chi connectivity index (χ3v) is 4.11. The molecule has 1 atom stereocenters. The van der Waals surface area contributed by atoms with E-state index < -0.39 is 0 Å². The van der Waals surface area contributed by atoms with Crippen LogP contribution >= 0.6 is 0 Å². The van der Waals surface area contributed by atoms with Crippen molar-refractivity contribution < 1.29 is 0 Å². The quantitative estimate of drug-likeness (QED) is 0.708. The van der Waals surface area contributed by atoms with Crippen LogP contribution < -0.4 is 10.6 Å². The number of rotatable bonds is 1. The molecule has 3 nitrogen and oxygen atoms in total. The number of para-hydroxylation sites is 1.